The Hall–Kier alpha value is -2.42. The van der Waals surface area contributed by atoms with Crippen molar-refractivity contribution >= 4 is 11.7 Å². The Labute approximate surface area is 121 Å². The van der Waals surface area contributed by atoms with E-state index in [9.17, 15) is 9.59 Å². The number of carbonyl (C=O) groups is 2. The average molecular weight is 271 g/mol. The minimum absolute atomic E-state index is 0.0640. The van der Waals surface area contributed by atoms with Crippen molar-refractivity contribution in [3.05, 3.63) is 73.5 Å². The number of rotatable bonds is 8. The smallest absolute Gasteiger partial charge is 0.250 e. The lowest BCUT2D eigenvalue weighted by Gasteiger charge is -2.16. The van der Waals surface area contributed by atoms with Crippen LogP contribution in [-0.2, 0) is 9.59 Å². The second kappa shape index (κ2) is 9.50. The minimum Gasteiger partial charge on any atom is -0.307 e. The summed E-state index contributed by atoms with van der Waals surface area (Å²) in [6.07, 6.45) is 11.1. The van der Waals surface area contributed by atoms with Gasteiger partial charge in [-0.3, -0.25) is 9.59 Å². The van der Waals surface area contributed by atoms with Crippen LogP contribution in [0, 0.1) is 0 Å². The molecule has 0 fully saturated rings. The first-order valence-corrected chi connectivity index (χ1v) is 6.22. The largest absolute Gasteiger partial charge is 0.307 e. The Kier molecular flexibility index (Phi) is 8.35. The third-order valence-corrected chi connectivity index (χ3v) is 2.46. The second-order valence-electron chi connectivity index (χ2n) is 4.02. The molecule has 0 saturated carbocycles. The molecule has 1 amide bonds. The Morgan fingerprint density at radius 2 is 1.75 bits per heavy atom. The number of Topliss-reactive ketones (excluding diaryl/α,β-unsaturated/α-hetero) is 1. The highest BCUT2D eigenvalue weighted by atomic mass is 16.2. The van der Waals surface area contributed by atoms with Gasteiger partial charge in [-0.1, -0.05) is 50.1 Å². The summed E-state index contributed by atoms with van der Waals surface area (Å²) in [5.74, 6) is -0.532. The van der Waals surface area contributed by atoms with E-state index in [2.05, 4.69) is 19.7 Å². The van der Waals surface area contributed by atoms with Crippen molar-refractivity contribution in [1.29, 1.82) is 0 Å². The van der Waals surface area contributed by atoms with Gasteiger partial charge in [0.2, 0.25) is 5.91 Å². The lowest BCUT2D eigenvalue weighted by molar-refractivity contribution is -0.127. The monoisotopic (exact) mass is 271 g/mol. The van der Waals surface area contributed by atoms with Crippen molar-refractivity contribution in [2.24, 2.45) is 0 Å². The number of ketones is 1. The summed E-state index contributed by atoms with van der Waals surface area (Å²) in [6, 6.07) is 0. The zero-order chi connectivity index (χ0) is 15.5. The van der Waals surface area contributed by atoms with E-state index in [-0.39, 0.29) is 18.2 Å². The summed E-state index contributed by atoms with van der Waals surface area (Å²) >= 11 is 0. The third kappa shape index (κ3) is 5.96. The second-order valence-corrected chi connectivity index (χ2v) is 4.02. The van der Waals surface area contributed by atoms with Crippen LogP contribution in [-0.4, -0.2) is 23.1 Å². The minimum atomic E-state index is -0.339. The first-order valence-electron chi connectivity index (χ1n) is 6.22. The molecule has 0 aromatic rings. The summed E-state index contributed by atoms with van der Waals surface area (Å²) < 4.78 is 0. The van der Waals surface area contributed by atoms with Crippen molar-refractivity contribution < 1.29 is 9.59 Å². The molecular weight excluding hydrogens is 250 g/mol. The van der Waals surface area contributed by atoms with Crippen LogP contribution in [0.4, 0.5) is 0 Å². The zero-order valence-corrected chi connectivity index (χ0v) is 12.1. The summed E-state index contributed by atoms with van der Waals surface area (Å²) in [5, 5.41) is 0. The van der Waals surface area contributed by atoms with E-state index >= 15 is 0 Å². The molecule has 0 aromatic carbocycles. The van der Waals surface area contributed by atoms with Crippen molar-refractivity contribution in [1.82, 2.24) is 4.90 Å². The van der Waals surface area contributed by atoms with Crippen molar-refractivity contribution in [3.63, 3.8) is 0 Å². The molecule has 0 atom stereocenters. The molecule has 0 heterocycles. The molecule has 0 saturated heterocycles. The topological polar surface area (TPSA) is 37.4 Å². The molecule has 0 aliphatic carbocycles. The Balaban J connectivity index is 5.21. The average Bonchev–Trinajstić information content (AvgIpc) is 2.46. The van der Waals surface area contributed by atoms with Gasteiger partial charge >= 0.3 is 0 Å². The standard InChI is InChI=1S/C17H21NO2/c1-6-10-11-15(8-3)16(19)13-18(17(20)9-4)12-14(5)7-2/h6-12H,2-4,13H2,1,5H3/b10-6-,14-12-,15-11+. The molecule has 0 aromatic heterocycles. The molecule has 0 bridgehead atoms. The molecule has 0 rings (SSSR count). The van der Waals surface area contributed by atoms with Gasteiger partial charge in [0, 0.05) is 11.8 Å². The van der Waals surface area contributed by atoms with Crippen LogP contribution in [0.2, 0.25) is 0 Å². The zero-order valence-electron chi connectivity index (χ0n) is 12.1. The summed E-state index contributed by atoms with van der Waals surface area (Å²) in [5.41, 5.74) is 1.24. The fourth-order valence-electron chi connectivity index (χ4n) is 1.32. The highest BCUT2D eigenvalue weighted by Gasteiger charge is 2.14. The molecule has 0 unspecified atom stereocenters. The van der Waals surface area contributed by atoms with E-state index in [1.54, 1.807) is 31.4 Å². The first-order chi connectivity index (χ1) is 9.49. The number of hydrogen-bond acceptors (Lipinski definition) is 2. The van der Waals surface area contributed by atoms with E-state index in [0.29, 0.717) is 5.57 Å². The number of hydrogen-bond donors (Lipinski definition) is 0. The normalized spacial score (nSPS) is 12.1. The van der Waals surface area contributed by atoms with E-state index < -0.39 is 0 Å². The quantitative estimate of drug-likeness (QED) is 0.501. The van der Waals surface area contributed by atoms with Crippen LogP contribution < -0.4 is 0 Å². The van der Waals surface area contributed by atoms with Gasteiger partial charge in [0.25, 0.3) is 0 Å². The molecule has 106 valence electrons. The molecule has 3 nitrogen and oxygen atoms in total. The van der Waals surface area contributed by atoms with E-state index in [1.165, 1.54) is 17.1 Å². The predicted molar refractivity (Wildman–Crippen MR) is 84.0 cm³/mol. The summed E-state index contributed by atoms with van der Waals surface area (Å²) in [7, 11) is 0. The fourth-order valence-corrected chi connectivity index (χ4v) is 1.32. The number of amides is 1. The number of carbonyl (C=O) groups excluding carboxylic acids is 2. The number of allylic oxidation sites excluding steroid dienone is 6. The van der Waals surface area contributed by atoms with Crippen LogP contribution in [0.1, 0.15) is 13.8 Å². The maximum absolute atomic E-state index is 12.1. The van der Waals surface area contributed by atoms with Gasteiger partial charge in [-0.25, -0.2) is 0 Å². The maximum atomic E-state index is 12.1. The van der Waals surface area contributed by atoms with Gasteiger partial charge in [-0.2, -0.15) is 0 Å². The number of nitrogens with zero attached hydrogens (tertiary/aromatic N) is 1. The summed E-state index contributed by atoms with van der Waals surface area (Å²) in [6.45, 7) is 14.2. The molecule has 20 heavy (non-hydrogen) atoms. The van der Waals surface area contributed by atoms with Crippen molar-refractivity contribution in [2.75, 3.05) is 6.54 Å². The SMILES string of the molecule is C=CC(=O)N(/C=C(/C)C=C)CC(=O)/C(C=C)=C/C=C\C. The highest BCUT2D eigenvalue weighted by Crippen LogP contribution is 2.05. The van der Waals surface area contributed by atoms with Gasteiger partial charge in [0.1, 0.15) is 0 Å². The van der Waals surface area contributed by atoms with E-state index in [0.717, 1.165) is 5.57 Å². The summed E-state index contributed by atoms with van der Waals surface area (Å²) in [4.78, 5) is 25.2. The Bertz CT molecular complexity index is 493. The van der Waals surface area contributed by atoms with Gasteiger partial charge in [0.15, 0.2) is 5.78 Å². The molecule has 0 N–H and O–H groups in total. The van der Waals surface area contributed by atoms with Crippen LogP contribution >= 0.6 is 0 Å². The lowest BCUT2D eigenvalue weighted by atomic mass is 10.1. The van der Waals surface area contributed by atoms with E-state index in [4.69, 9.17) is 0 Å². The predicted octanol–water partition coefficient (Wildman–Crippen LogP) is 3.35. The van der Waals surface area contributed by atoms with Crippen molar-refractivity contribution in [2.45, 2.75) is 13.8 Å². The molecular formula is C17H21NO2. The van der Waals surface area contributed by atoms with Crippen LogP contribution in [0.25, 0.3) is 0 Å². The third-order valence-electron chi connectivity index (χ3n) is 2.46. The van der Waals surface area contributed by atoms with E-state index in [1.807, 2.05) is 13.0 Å². The van der Waals surface area contributed by atoms with Gasteiger partial charge < -0.3 is 4.90 Å². The molecule has 0 aliphatic rings. The van der Waals surface area contributed by atoms with Crippen LogP contribution in [0.5, 0.6) is 0 Å². The lowest BCUT2D eigenvalue weighted by Crippen LogP contribution is -2.30. The van der Waals surface area contributed by atoms with Crippen LogP contribution in [0.15, 0.2) is 73.5 Å². The molecule has 0 aliphatic heterocycles. The van der Waals surface area contributed by atoms with Crippen molar-refractivity contribution in [3.8, 4) is 0 Å². The van der Waals surface area contributed by atoms with Gasteiger partial charge in [-0.05, 0) is 25.5 Å². The van der Waals surface area contributed by atoms with Gasteiger partial charge in [-0.15, -0.1) is 0 Å². The van der Waals surface area contributed by atoms with Gasteiger partial charge in [0.05, 0.1) is 6.54 Å². The molecule has 3 heteroatoms. The highest BCUT2D eigenvalue weighted by molar-refractivity contribution is 6.02. The molecule has 0 spiro atoms. The fraction of sp³-hybridized carbons (Fsp3) is 0.176. The van der Waals surface area contributed by atoms with Crippen LogP contribution in [0.3, 0.4) is 0 Å². The molecule has 0 radical (unpaired) electrons. The maximum Gasteiger partial charge on any atom is 0.250 e. The Morgan fingerprint density at radius 3 is 2.20 bits per heavy atom. The Morgan fingerprint density at radius 1 is 1.10 bits per heavy atom. The first kappa shape index (κ1) is 17.6.